The number of carboxylic acid groups (broad SMARTS) is 1. The highest BCUT2D eigenvalue weighted by Gasteiger charge is 2.13. The van der Waals surface area contributed by atoms with Gasteiger partial charge in [-0.1, -0.05) is 0 Å². The summed E-state index contributed by atoms with van der Waals surface area (Å²) in [6.45, 7) is 1.71. The van der Waals surface area contributed by atoms with Gasteiger partial charge in [-0.2, -0.15) is 0 Å². The Bertz CT molecular complexity index is 924. The fourth-order valence-electron chi connectivity index (χ4n) is 3.16. The van der Waals surface area contributed by atoms with Gasteiger partial charge >= 0.3 is 18.0 Å². The van der Waals surface area contributed by atoms with E-state index in [1.165, 1.54) is 25.7 Å². The number of nitrogen functional groups attached to an aromatic ring is 1. The second-order valence-electron chi connectivity index (χ2n) is 7.06. The normalized spacial score (nSPS) is 12.9. The lowest BCUT2D eigenvalue weighted by Gasteiger charge is -2.24. The van der Waals surface area contributed by atoms with Gasteiger partial charge in [-0.3, -0.25) is 0 Å². The highest BCUT2D eigenvalue weighted by molar-refractivity contribution is 5.92. The maximum absolute atomic E-state index is 11.4. The second kappa shape index (κ2) is 10.9. The number of likely N-dealkylation sites (tertiary alicyclic amines) is 1. The van der Waals surface area contributed by atoms with Crippen molar-refractivity contribution in [3.63, 3.8) is 0 Å². The third-order valence-corrected chi connectivity index (χ3v) is 4.98. The number of carbonyl (C=O) groups excluding carboxylic acids is 2. The third kappa shape index (κ3) is 6.36. The number of primary amides is 1. The first-order valence-corrected chi connectivity index (χ1v) is 9.84. The van der Waals surface area contributed by atoms with Crippen LogP contribution in [0.3, 0.4) is 0 Å². The number of amides is 2. The van der Waals surface area contributed by atoms with Gasteiger partial charge in [0.15, 0.2) is 0 Å². The molecule has 166 valence electrons. The van der Waals surface area contributed by atoms with Crippen molar-refractivity contribution >= 4 is 35.0 Å². The molecule has 0 spiro atoms. The minimum absolute atomic E-state index is 0.155. The van der Waals surface area contributed by atoms with Crippen LogP contribution in [0.4, 0.5) is 21.9 Å². The average molecular weight is 428 g/mol. The molecule has 1 fully saturated rings. The zero-order valence-corrected chi connectivity index (χ0v) is 17.7. The first kappa shape index (κ1) is 23.5. The molecule has 0 saturated carbocycles. The summed E-state index contributed by atoms with van der Waals surface area (Å²) in [5.41, 5.74) is 13.4. The van der Waals surface area contributed by atoms with Crippen molar-refractivity contribution in [3.05, 3.63) is 53.6 Å². The number of anilines is 3. The Labute approximate surface area is 181 Å². The predicted octanol–water partition coefficient (Wildman–Crippen LogP) is 3.07. The zero-order chi connectivity index (χ0) is 23.0. The van der Waals surface area contributed by atoms with Gasteiger partial charge in [-0.05, 0) is 61.7 Å². The van der Waals surface area contributed by atoms with Gasteiger partial charge in [-0.15, -0.1) is 0 Å². The third-order valence-electron chi connectivity index (χ3n) is 4.98. The van der Waals surface area contributed by atoms with E-state index in [0.717, 1.165) is 31.6 Å². The lowest BCUT2D eigenvalue weighted by Crippen LogP contribution is -2.39. The molecule has 0 bridgehead atoms. The molecule has 0 radical (unpaired) electrons. The van der Waals surface area contributed by atoms with Crippen LogP contribution in [-0.2, 0) is 4.74 Å². The Kier molecular flexibility index (Phi) is 8.25. The number of benzene rings is 2. The Morgan fingerprint density at radius 1 is 1.00 bits per heavy atom. The quantitative estimate of drug-likeness (QED) is 0.502. The fourth-order valence-corrected chi connectivity index (χ4v) is 3.16. The van der Waals surface area contributed by atoms with Gasteiger partial charge in [0.1, 0.15) is 0 Å². The number of methoxy groups -OCH3 is 1. The van der Waals surface area contributed by atoms with Crippen LogP contribution < -0.4 is 16.4 Å². The number of urea groups is 1. The maximum Gasteiger partial charge on any atom is 0.337 e. The van der Waals surface area contributed by atoms with Crippen molar-refractivity contribution in [3.8, 4) is 0 Å². The highest BCUT2D eigenvalue weighted by Crippen LogP contribution is 2.30. The number of rotatable bonds is 4. The number of hydrogen-bond acceptors (Lipinski definition) is 6. The van der Waals surface area contributed by atoms with E-state index in [0.29, 0.717) is 16.9 Å². The van der Waals surface area contributed by atoms with E-state index >= 15 is 0 Å². The summed E-state index contributed by atoms with van der Waals surface area (Å²) in [5.74, 6) is -1.43. The van der Waals surface area contributed by atoms with Crippen LogP contribution in [0.25, 0.3) is 0 Å². The summed E-state index contributed by atoms with van der Waals surface area (Å²) in [6, 6.07) is 11.0. The molecule has 0 aliphatic carbocycles. The smallest absolute Gasteiger partial charge is 0.337 e. The van der Waals surface area contributed by atoms with Crippen LogP contribution in [0.15, 0.2) is 42.5 Å². The Morgan fingerprint density at radius 3 is 2.06 bits per heavy atom. The van der Waals surface area contributed by atoms with Crippen molar-refractivity contribution in [2.45, 2.75) is 19.3 Å². The molecule has 3 rings (SSSR count). The molecule has 1 aliphatic rings. The van der Waals surface area contributed by atoms with Gasteiger partial charge in [0.2, 0.25) is 0 Å². The molecule has 1 aliphatic heterocycles. The standard InChI is InChI=1S/C16H16N2O4.C6H12N2O/c1-18(12-6-3-10(4-7-12)16(21)22-2)14-9-11(15(19)20)5-8-13(14)17;7-6(9)8-4-2-1-3-5-8/h3-9H,17H2,1-2H3,(H,19,20);1-5H2,(H2,7,9). The monoisotopic (exact) mass is 428 g/mol. The highest BCUT2D eigenvalue weighted by atomic mass is 16.5. The number of piperidine rings is 1. The van der Waals surface area contributed by atoms with Crippen molar-refractivity contribution in [1.82, 2.24) is 4.90 Å². The van der Waals surface area contributed by atoms with Crippen LogP contribution in [-0.4, -0.2) is 55.2 Å². The molecule has 31 heavy (non-hydrogen) atoms. The fraction of sp³-hybridized carbons (Fsp3) is 0.318. The Morgan fingerprint density at radius 2 is 1.58 bits per heavy atom. The van der Waals surface area contributed by atoms with Crippen molar-refractivity contribution < 1.29 is 24.2 Å². The molecule has 1 heterocycles. The van der Waals surface area contributed by atoms with E-state index in [4.69, 9.17) is 16.6 Å². The minimum atomic E-state index is -1.02. The first-order chi connectivity index (χ1) is 14.7. The lowest BCUT2D eigenvalue weighted by molar-refractivity contribution is 0.0599. The van der Waals surface area contributed by atoms with Crippen molar-refractivity contribution in [1.29, 1.82) is 0 Å². The number of nitrogens with zero attached hydrogens (tertiary/aromatic N) is 2. The number of carboxylic acids is 1. The molecule has 5 N–H and O–H groups in total. The Balaban J connectivity index is 0.000000316. The number of esters is 1. The molecule has 1 saturated heterocycles. The summed E-state index contributed by atoms with van der Waals surface area (Å²) < 4.78 is 4.64. The lowest BCUT2D eigenvalue weighted by atomic mass is 10.1. The molecule has 0 unspecified atom stereocenters. The van der Waals surface area contributed by atoms with Crippen LogP contribution in [0.5, 0.6) is 0 Å². The van der Waals surface area contributed by atoms with E-state index in [1.807, 2.05) is 0 Å². The van der Waals surface area contributed by atoms with Gasteiger partial charge in [0.05, 0.1) is 29.6 Å². The first-order valence-electron chi connectivity index (χ1n) is 9.84. The number of aromatic carboxylic acids is 1. The van der Waals surface area contributed by atoms with E-state index in [1.54, 1.807) is 47.2 Å². The van der Waals surface area contributed by atoms with Gasteiger partial charge in [0.25, 0.3) is 0 Å². The molecule has 2 aromatic carbocycles. The summed E-state index contributed by atoms with van der Waals surface area (Å²) in [4.78, 5) is 36.4. The summed E-state index contributed by atoms with van der Waals surface area (Å²) in [6.07, 6.45) is 3.47. The van der Waals surface area contributed by atoms with Crippen LogP contribution >= 0.6 is 0 Å². The summed E-state index contributed by atoms with van der Waals surface area (Å²) >= 11 is 0. The van der Waals surface area contributed by atoms with Gasteiger partial charge in [0, 0.05) is 25.8 Å². The van der Waals surface area contributed by atoms with Crippen LogP contribution in [0, 0.1) is 0 Å². The van der Waals surface area contributed by atoms with E-state index < -0.39 is 11.9 Å². The number of hydrogen-bond donors (Lipinski definition) is 3. The van der Waals surface area contributed by atoms with Crippen LogP contribution in [0.2, 0.25) is 0 Å². The molecule has 9 heteroatoms. The average Bonchev–Trinajstić information content (AvgIpc) is 2.79. The Hall–Kier alpha value is -3.75. The minimum Gasteiger partial charge on any atom is -0.478 e. The zero-order valence-electron chi connectivity index (χ0n) is 17.7. The SMILES string of the molecule is COC(=O)c1ccc(N(C)c2cc(C(=O)O)ccc2N)cc1.NC(=O)N1CCCCC1. The number of nitrogens with two attached hydrogens (primary N) is 2. The van der Waals surface area contributed by atoms with E-state index in [2.05, 4.69) is 4.74 Å². The molecule has 2 aromatic rings. The summed E-state index contributed by atoms with van der Waals surface area (Å²) in [7, 11) is 3.09. The van der Waals surface area contributed by atoms with Crippen molar-refractivity contribution in [2.24, 2.45) is 5.73 Å². The predicted molar refractivity (Wildman–Crippen MR) is 119 cm³/mol. The van der Waals surface area contributed by atoms with E-state index in [-0.39, 0.29) is 11.6 Å². The maximum atomic E-state index is 11.4. The number of ether oxygens (including phenoxy) is 1. The largest absolute Gasteiger partial charge is 0.478 e. The van der Waals surface area contributed by atoms with Gasteiger partial charge < -0.3 is 31.1 Å². The van der Waals surface area contributed by atoms with Crippen molar-refractivity contribution in [2.75, 3.05) is 37.9 Å². The van der Waals surface area contributed by atoms with Crippen LogP contribution in [0.1, 0.15) is 40.0 Å². The molecule has 0 aromatic heterocycles. The number of carbonyl (C=O) groups is 3. The molecular formula is C22H28N4O5. The molecule has 9 nitrogen and oxygen atoms in total. The summed E-state index contributed by atoms with van der Waals surface area (Å²) in [5, 5.41) is 9.07. The topological polar surface area (TPSA) is 139 Å². The molecule has 0 atom stereocenters. The second-order valence-corrected chi connectivity index (χ2v) is 7.06. The van der Waals surface area contributed by atoms with Gasteiger partial charge in [-0.25, -0.2) is 14.4 Å². The molecular weight excluding hydrogens is 400 g/mol. The van der Waals surface area contributed by atoms with E-state index in [9.17, 15) is 14.4 Å². The molecule has 2 amide bonds.